The van der Waals surface area contributed by atoms with Crippen LogP contribution in [-0.4, -0.2) is 23.5 Å². The first kappa shape index (κ1) is 13.7. The minimum Gasteiger partial charge on any atom is -0.459 e. The van der Waals surface area contributed by atoms with Crippen molar-refractivity contribution >= 4 is 16.7 Å². The molecule has 3 aromatic rings. The summed E-state index contributed by atoms with van der Waals surface area (Å²) in [5.74, 6) is 0.917. The van der Waals surface area contributed by atoms with Crippen LogP contribution in [0, 0.1) is 0 Å². The quantitative estimate of drug-likeness (QED) is 0.753. The number of hydrogen-bond acceptors (Lipinski definition) is 4. The summed E-state index contributed by atoms with van der Waals surface area (Å²) in [6.07, 6.45) is 3.78. The Morgan fingerprint density at radius 1 is 1.38 bits per heavy atom. The maximum atomic E-state index is 5.86. The normalized spacial score (nSPS) is 12.7. The molecule has 21 heavy (non-hydrogen) atoms. The van der Waals surface area contributed by atoms with Crippen LogP contribution in [0.3, 0.4) is 0 Å². The van der Waals surface area contributed by atoms with Gasteiger partial charge in [-0.25, -0.2) is 0 Å². The fourth-order valence-electron chi connectivity index (χ4n) is 2.28. The Bertz CT molecular complexity index is 684. The van der Waals surface area contributed by atoms with Gasteiger partial charge < -0.3 is 14.5 Å². The second-order valence-corrected chi connectivity index (χ2v) is 5.04. The Labute approximate surface area is 123 Å². The van der Waals surface area contributed by atoms with Crippen molar-refractivity contribution in [2.24, 2.45) is 0 Å². The van der Waals surface area contributed by atoms with Crippen LogP contribution in [0.4, 0.5) is 5.69 Å². The van der Waals surface area contributed by atoms with Gasteiger partial charge in [0.25, 0.3) is 0 Å². The number of furan rings is 1. The fourth-order valence-corrected chi connectivity index (χ4v) is 2.28. The molecule has 2 aromatic heterocycles. The highest BCUT2D eigenvalue weighted by Gasteiger charge is 2.12. The number of nitrogens with zero attached hydrogens (tertiary/aromatic N) is 2. The fraction of sp³-hybridized carbons (Fsp3) is 0.312. The Morgan fingerprint density at radius 3 is 3.05 bits per heavy atom. The van der Waals surface area contributed by atoms with Crippen LogP contribution in [0.25, 0.3) is 11.0 Å². The topological polar surface area (TPSA) is 52.2 Å². The van der Waals surface area contributed by atoms with Crippen LogP contribution in [0.2, 0.25) is 0 Å². The van der Waals surface area contributed by atoms with Gasteiger partial charge in [0.05, 0.1) is 31.1 Å². The summed E-state index contributed by atoms with van der Waals surface area (Å²) in [5.41, 5.74) is 1.89. The van der Waals surface area contributed by atoms with E-state index < -0.39 is 0 Å². The molecule has 0 bridgehead atoms. The van der Waals surface area contributed by atoms with Gasteiger partial charge in [-0.1, -0.05) is 18.2 Å². The highest BCUT2D eigenvalue weighted by atomic mass is 16.5. The number of methoxy groups -OCH3 is 1. The monoisotopic (exact) mass is 285 g/mol. The lowest BCUT2D eigenvalue weighted by Gasteiger charge is -2.10. The minimum absolute atomic E-state index is 0.0810. The number of benzene rings is 1. The molecule has 0 amide bonds. The van der Waals surface area contributed by atoms with Crippen molar-refractivity contribution < 1.29 is 9.15 Å². The maximum Gasteiger partial charge on any atom is 0.134 e. The van der Waals surface area contributed by atoms with Crippen LogP contribution >= 0.6 is 0 Å². The molecule has 0 aliphatic heterocycles. The van der Waals surface area contributed by atoms with Crippen LogP contribution in [-0.2, 0) is 11.3 Å². The van der Waals surface area contributed by atoms with Gasteiger partial charge in [-0.2, -0.15) is 5.10 Å². The summed E-state index contributed by atoms with van der Waals surface area (Å²) >= 11 is 0. The van der Waals surface area contributed by atoms with Crippen LogP contribution in [0.15, 0.2) is 47.1 Å². The molecule has 1 aromatic carbocycles. The predicted molar refractivity (Wildman–Crippen MR) is 82.4 cm³/mol. The lowest BCUT2D eigenvalue weighted by molar-refractivity contribution is 0.183. The minimum atomic E-state index is 0.0810. The molecule has 0 fully saturated rings. The molecule has 5 nitrogen and oxygen atoms in total. The molecule has 110 valence electrons. The van der Waals surface area contributed by atoms with E-state index in [9.17, 15) is 0 Å². The van der Waals surface area contributed by atoms with Crippen LogP contribution in [0.5, 0.6) is 0 Å². The van der Waals surface area contributed by atoms with Crippen molar-refractivity contribution in [1.82, 2.24) is 9.78 Å². The maximum absolute atomic E-state index is 5.86. The summed E-state index contributed by atoms with van der Waals surface area (Å²) in [7, 11) is 1.69. The summed E-state index contributed by atoms with van der Waals surface area (Å²) in [4.78, 5) is 0. The summed E-state index contributed by atoms with van der Waals surface area (Å²) in [6.45, 7) is 3.47. The van der Waals surface area contributed by atoms with Gasteiger partial charge in [-0.05, 0) is 19.1 Å². The zero-order valence-corrected chi connectivity index (χ0v) is 12.2. The number of anilines is 1. The zero-order chi connectivity index (χ0) is 14.7. The number of aromatic nitrogens is 2. The SMILES string of the molecule is COCCn1cc(NC(C)c2cc3ccccc3o2)cn1. The van der Waals surface area contributed by atoms with E-state index in [0.717, 1.165) is 29.0 Å². The number of nitrogens with one attached hydrogen (secondary N) is 1. The Kier molecular flexibility index (Phi) is 3.92. The molecular weight excluding hydrogens is 266 g/mol. The van der Waals surface area contributed by atoms with Crippen molar-refractivity contribution in [1.29, 1.82) is 0 Å². The molecule has 3 rings (SSSR count). The van der Waals surface area contributed by atoms with Gasteiger partial charge in [0.1, 0.15) is 11.3 Å². The zero-order valence-electron chi connectivity index (χ0n) is 12.2. The Hall–Kier alpha value is -2.27. The largest absolute Gasteiger partial charge is 0.459 e. The average Bonchev–Trinajstić information content (AvgIpc) is 3.11. The first-order valence-electron chi connectivity index (χ1n) is 7.02. The van der Waals surface area contributed by atoms with E-state index in [1.165, 1.54) is 0 Å². The molecule has 1 atom stereocenters. The van der Waals surface area contributed by atoms with E-state index in [-0.39, 0.29) is 6.04 Å². The lowest BCUT2D eigenvalue weighted by Crippen LogP contribution is -2.06. The molecule has 0 spiro atoms. The molecular formula is C16H19N3O2. The van der Waals surface area contributed by atoms with Gasteiger partial charge >= 0.3 is 0 Å². The van der Waals surface area contributed by atoms with E-state index in [1.807, 2.05) is 35.3 Å². The first-order valence-corrected chi connectivity index (χ1v) is 7.02. The molecule has 0 radical (unpaired) electrons. The molecule has 0 aliphatic rings. The van der Waals surface area contributed by atoms with Gasteiger partial charge in [-0.15, -0.1) is 0 Å². The Morgan fingerprint density at radius 2 is 2.24 bits per heavy atom. The van der Waals surface area contributed by atoms with Crippen LogP contribution < -0.4 is 5.32 Å². The number of ether oxygens (including phenoxy) is 1. The van der Waals surface area contributed by atoms with Crippen LogP contribution in [0.1, 0.15) is 18.7 Å². The first-order chi connectivity index (χ1) is 10.3. The van der Waals surface area contributed by atoms with E-state index in [0.29, 0.717) is 6.61 Å². The molecule has 2 heterocycles. The number of para-hydroxylation sites is 1. The number of rotatable bonds is 6. The Balaban J connectivity index is 1.70. The molecule has 5 heteroatoms. The highest BCUT2D eigenvalue weighted by molar-refractivity contribution is 5.77. The molecule has 0 saturated heterocycles. The van der Waals surface area contributed by atoms with Gasteiger partial charge in [0.2, 0.25) is 0 Å². The molecule has 0 aliphatic carbocycles. The third-order valence-corrected chi connectivity index (χ3v) is 3.41. The molecule has 1 N–H and O–H groups in total. The van der Waals surface area contributed by atoms with Gasteiger partial charge in [-0.3, -0.25) is 4.68 Å². The molecule has 1 unspecified atom stereocenters. The van der Waals surface area contributed by atoms with Gasteiger partial charge in [0, 0.05) is 18.7 Å². The average molecular weight is 285 g/mol. The second-order valence-electron chi connectivity index (χ2n) is 5.04. The van der Waals surface area contributed by atoms with Crippen molar-refractivity contribution in [3.8, 4) is 0 Å². The smallest absolute Gasteiger partial charge is 0.134 e. The van der Waals surface area contributed by atoms with E-state index in [1.54, 1.807) is 7.11 Å². The van der Waals surface area contributed by atoms with Crippen molar-refractivity contribution in [3.05, 3.63) is 48.5 Å². The third kappa shape index (κ3) is 3.08. The summed E-state index contributed by atoms with van der Waals surface area (Å²) < 4.78 is 12.8. The van der Waals surface area contributed by atoms with E-state index >= 15 is 0 Å². The van der Waals surface area contributed by atoms with Crippen molar-refractivity contribution in [3.63, 3.8) is 0 Å². The standard InChI is InChI=1S/C16H19N3O2/c1-12(16-9-13-5-3-4-6-15(13)21-16)18-14-10-17-19(11-14)7-8-20-2/h3-6,9-12,18H,7-8H2,1-2H3. The van der Waals surface area contributed by atoms with Crippen molar-refractivity contribution in [2.45, 2.75) is 19.5 Å². The number of fused-ring (bicyclic) bond motifs is 1. The third-order valence-electron chi connectivity index (χ3n) is 3.41. The van der Waals surface area contributed by atoms with E-state index in [2.05, 4.69) is 29.5 Å². The predicted octanol–water partition coefficient (Wildman–Crippen LogP) is 3.45. The summed E-state index contributed by atoms with van der Waals surface area (Å²) in [6, 6.07) is 10.2. The van der Waals surface area contributed by atoms with Crippen molar-refractivity contribution in [2.75, 3.05) is 19.0 Å². The summed E-state index contributed by atoms with van der Waals surface area (Å²) in [5, 5.41) is 8.81. The highest BCUT2D eigenvalue weighted by Crippen LogP contribution is 2.25. The lowest BCUT2D eigenvalue weighted by atomic mass is 10.2. The van der Waals surface area contributed by atoms with Gasteiger partial charge in [0.15, 0.2) is 0 Å². The second kappa shape index (κ2) is 6.01. The molecule has 0 saturated carbocycles. The van der Waals surface area contributed by atoms with E-state index in [4.69, 9.17) is 9.15 Å². The number of hydrogen-bond donors (Lipinski definition) is 1.